The minimum absolute atomic E-state index is 0.0529. The van der Waals surface area contributed by atoms with E-state index < -0.39 is 0 Å². The molecule has 8 nitrogen and oxygen atoms in total. The predicted molar refractivity (Wildman–Crippen MR) is 95.3 cm³/mol. The van der Waals surface area contributed by atoms with Gasteiger partial charge in [-0.3, -0.25) is 19.4 Å². The molecule has 0 unspecified atom stereocenters. The molecule has 2 aromatic rings. The number of amides is 1. The summed E-state index contributed by atoms with van der Waals surface area (Å²) in [6.45, 7) is 5.62. The Kier molecular flexibility index (Phi) is 4.74. The summed E-state index contributed by atoms with van der Waals surface area (Å²) in [5, 5.41) is 10.9. The van der Waals surface area contributed by atoms with E-state index in [1.54, 1.807) is 6.92 Å². The number of Topliss-reactive ketones (excluding diaryl/α,β-unsaturated/α-hetero) is 1. The number of carbonyl (C=O) groups excluding carboxylic acids is 2. The maximum atomic E-state index is 12.2. The van der Waals surface area contributed by atoms with Crippen LogP contribution in [0.5, 0.6) is 0 Å². The lowest BCUT2D eigenvalue weighted by molar-refractivity contribution is -0.113. The number of hydrogen-bond donors (Lipinski definition) is 2. The van der Waals surface area contributed by atoms with Crippen molar-refractivity contribution in [2.75, 3.05) is 11.1 Å². The highest BCUT2D eigenvalue weighted by molar-refractivity contribution is 7.99. The van der Waals surface area contributed by atoms with Crippen LogP contribution >= 0.6 is 23.1 Å². The van der Waals surface area contributed by atoms with Crippen LogP contribution in [0.25, 0.3) is 0 Å². The summed E-state index contributed by atoms with van der Waals surface area (Å²) in [6.07, 6.45) is 1.21. The van der Waals surface area contributed by atoms with Gasteiger partial charge in [-0.2, -0.15) is 0 Å². The van der Waals surface area contributed by atoms with Gasteiger partial charge in [0.25, 0.3) is 5.56 Å². The van der Waals surface area contributed by atoms with Gasteiger partial charge in [0.2, 0.25) is 5.91 Å². The summed E-state index contributed by atoms with van der Waals surface area (Å²) in [5.74, 6) is -0.158. The van der Waals surface area contributed by atoms with Gasteiger partial charge in [-0.1, -0.05) is 36.9 Å². The van der Waals surface area contributed by atoms with Crippen molar-refractivity contribution in [1.82, 2.24) is 20.2 Å². The Hall–Kier alpha value is -2.07. The minimum atomic E-state index is -0.327. The third-order valence-electron chi connectivity index (χ3n) is 3.66. The first-order valence-electron chi connectivity index (χ1n) is 7.63. The third kappa shape index (κ3) is 4.13. The van der Waals surface area contributed by atoms with E-state index in [1.807, 2.05) is 13.8 Å². The van der Waals surface area contributed by atoms with E-state index in [0.29, 0.717) is 16.4 Å². The minimum Gasteiger partial charge on any atom is -0.301 e. The molecule has 0 atom stereocenters. The molecule has 132 valence electrons. The number of aromatic nitrogens is 4. The molecular formula is C15H17N5O3S2. The van der Waals surface area contributed by atoms with E-state index in [1.165, 1.54) is 11.3 Å². The van der Waals surface area contributed by atoms with E-state index in [-0.39, 0.29) is 39.3 Å². The van der Waals surface area contributed by atoms with Crippen molar-refractivity contribution in [3.8, 4) is 0 Å². The van der Waals surface area contributed by atoms with Crippen molar-refractivity contribution in [2.24, 2.45) is 5.41 Å². The molecule has 1 amide bonds. The fraction of sp³-hybridized carbons (Fsp3) is 0.467. The Morgan fingerprint density at radius 2 is 2.08 bits per heavy atom. The highest BCUT2D eigenvalue weighted by Gasteiger charge is 2.34. The molecule has 0 radical (unpaired) electrons. The average Bonchev–Trinajstić information content (AvgIpc) is 2.89. The number of carbonyl (C=O) groups is 2. The zero-order valence-corrected chi connectivity index (χ0v) is 15.6. The van der Waals surface area contributed by atoms with Gasteiger partial charge in [0.15, 0.2) is 16.1 Å². The number of thioether (sulfide) groups is 1. The van der Waals surface area contributed by atoms with Crippen LogP contribution in [0.2, 0.25) is 0 Å². The van der Waals surface area contributed by atoms with Crippen LogP contribution in [0, 0.1) is 12.3 Å². The van der Waals surface area contributed by atoms with Gasteiger partial charge >= 0.3 is 0 Å². The monoisotopic (exact) mass is 379 g/mol. The lowest BCUT2D eigenvalue weighted by atomic mass is 9.78. The number of fused-ring (bicyclic) bond motifs is 1. The zero-order valence-electron chi connectivity index (χ0n) is 14.0. The second-order valence-electron chi connectivity index (χ2n) is 6.62. The first-order chi connectivity index (χ1) is 11.7. The standard InChI is InChI=1S/C15H17N5O3S2/c1-7-12(23)18-14(20-19-7)24-6-10(22)17-13-16-8-4-15(2,3)5-9(21)11(8)25-13/h4-6H2,1-3H3,(H,16,17,22)(H,18,20,23). The van der Waals surface area contributed by atoms with Crippen LogP contribution in [-0.2, 0) is 11.2 Å². The smallest absolute Gasteiger partial charge is 0.273 e. The summed E-state index contributed by atoms with van der Waals surface area (Å²) in [6, 6.07) is 0. The van der Waals surface area contributed by atoms with Gasteiger partial charge in [0, 0.05) is 6.42 Å². The molecule has 0 aromatic carbocycles. The number of nitrogens with one attached hydrogen (secondary N) is 2. The van der Waals surface area contributed by atoms with Crippen LogP contribution in [-0.4, -0.2) is 37.6 Å². The van der Waals surface area contributed by atoms with Crippen LogP contribution in [0.15, 0.2) is 9.95 Å². The van der Waals surface area contributed by atoms with Crippen molar-refractivity contribution < 1.29 is 9.59 Å². The molecule has 25 heavy (non-hydrogen) atoms. The molecule has 0 aliphatic heterocycles. The second-order valence-corrected chi connectivity index (χ2v) is 8.58. The number of aromatic amines is 1. The number of hydrogen-bond acceptors (Lipinski definition) is 8. The summed E-state index contributed by atoms with van der Waals surface area (Å²) < 4.78 is 0. The molecule has 0 spiro atoms. The first-order valence-corrected chi connectivity index (χ1v) is 9.43. The van der Waals surface area contributed by atoms with E-state index in [0.717, 1.165) is 23.9 Å². The number of ketones is 1. The molecule has 2 heterocycles. The maximum Gasteiger partial charge on any atom is 0.273 e. The number of rotatable bonds is 4. The molecule has 1 aliphatic rings. The molecule has 3 rings (SSSR count). The van der Waals surface area contributed by atoms with Crippen LogP contribution in [0.4, 0.5) is 5.13 Å². The maximum absolute atomic E-state index is 12.2. The Labute approximate surface area is 151 Å². The lowest BCUT2D eigenvalue weighted by Crippen LogP contribution is -2.26. The average molecular weight is 379 g/mol. The fourth-order valence-electron chi connectivity index (χ4n) is 2.51. The highest BCUT2D eigenvalue weighted by Crippen LogP contribution is 2.38. The van der Waals surface area contributed by atoms with E-state index in [2.05, 4.69) is 25.5 Å². The molecule has 1 aliphatic carbocycles. The Morgan fingerprint density at radius 1 is 1.32 bits per heavy atom. The largest absolute Gasteiger partial charge is 0.301 e. The van der Waals surface area contributed by atoms with E-state index >= 15 is 0 Å². The Bertz CT molecular complexity index is 903. The van der Waals surface area contributed by atoms with Crippen molar-refractivity contribution >= 4 is 39.9 Å². The van der Waals surface area contributed by atoms with Gasteiger partial charge < -0.3 is 5.32 Å². The quantitative estimate of drug-likeness (QED) is 0.778. The van der Waals surface area contributed by atoms with E-state index in [9.17, 15) is 14.4 Å². The molecule has 0 fully saturated rings. The molecule has 0 saturated heterocycles. The number of anilines is 1. The SMILES string of the molecule is Cc1nnc(SCC(=O)Nc2nc3c(s2)C(=O)CC(C)(C)C3)[nH]c1=O. The normalized spacial score (nSPS) is 15.7. The predicted octanol–water partition coefficient (Wildman–Crippen LogP) is 1.82. The first kappa shape index (κ1) is 17.7. The fourth-order valence-corrected chi connectivity index (χ4v) is 4.05. The lowest BCUT2D eigenvalue weighted by Gasteiger charge is -2.26. The van der Waals surface area contributed by atoms with Crippen LogP contribution in [0.3, 0.4) is 0 Å². The Morgan fingerprint density at radius 3 is 2.80 bits per heavy atom. The van der Waals surface area contributed by atoms with Crippen LogP contribution in [0.1, 0.15) is 41.3 Å². The highest BCUT2D eigenvalue weighted by atomic mass is 32.2. The molecule has 0 saturated carbocycles. The van der Waals surface area contributed by atoms with Crippen molar-refractivity contribution in [2.45, 2.75) is 38.8 Å². The number of thiazole rings is 1. The van der Waals surface area contributed by atoms with Crippen molar-refractivity contribution in [3.05, 3.63) is 26.6 Å². The van der Waals surface area contributed by atoms with Gasteiger partial charge in [0.05, 0.1) is 16.3 Å². The summed E-state index contributed by atoms with van der Waals surface area (Å²) in [5.41, 5.74) is 0.593. The Balaban J connectivity index is 1.63. The number of H-pyrrole nitrogens is 1. The zero-order chi connectivity index (χ0) is 18.2. The van der Waals surface area contributed by atoms with Crippen LogP contribution < -0.4 is 10.9 Å². The molecule has 0 bridgehead atoms. The molecule has 2 N–H and O–H groups in total. The topological polar surface area (TPSA) is 118 Å². The van der Waals surface area contributed by atoms with E-state index in [4.69, 9.17) is 0 Å². The van der Waals surface area contributed by atoms with Crippen molar-refractivity contribution in [1.29, 1.82) is 0 Å². The molecule has 2 aromatic heterocycles. The summed E-state index contributed by atoms with van der Waals surface area (Å²) in [4.78, 5) is 43.3. The molecule has 10 heteroatoms. The van der Waals surface area contributed by atoms with Gasteiger partial charge in [-0.15, -0.1) is 10.2 Å². The summed E-state index contributed by atoms with van der Waals surface area (Å²) in [7, 11) is 0. The van der Waals surface area contributed by atoms with Gasteiger partial charge in [0.1, 0.15) is 5.69 Å². The number of aryl methyl sites for hydroxylation is 1. The van der Waals surface area contributed by atoms with Gasteiger partial charge in [-0.05, 0) is 18.8 Å². The third-order valence-corrected chi connectivity index (χ3v) is 5.58. The van der Waals surface area contributed by atoms with Crippen molar-refractivity contribution in [3.63, 3.8) is 0 Å². The van der Waals surface area contributed by atoms with Gasteiger partial charge in [-0.25, -0.2) is 4.98 Å². The second kappa shape index (κ2) is 6.68. The number of nitrogens with zero attached hydrogens (tertiary/aromatic N) is 3. The molecular weight excluding hydrogens is 362 g/mol. The summed E-state index contributed by atoms with van der Waals surface area (Å²) >= 11 is 2.29.